The monoisotopic (exact) mass is 1700 g/mol. The predicted molar refractivity (Wildman–Crippen MR) is 431 cm³/mol. The smallest absolute Gasteiger partial charge is 0.408 e. The maximum absolute atomic E-state index is 15.4. The van der Waals surface area contributed by atoms with Crippen LogP contribution in [0.2, 0.25) is 0 Å². The largest absolute Gasteiger partial charge is 0.457 e. The summed E-state index contributed by atoms with van der Waals surface area (Å²) in [6, 6.07) is 37.2. The van der Waals surface area contributed by atoms with Gasteiger partial charge >= 0.3 is 53.8 Å². The van der Waals surface area contributed by atoms with Gasteiger partial charge in [0.15, 0.2) is 47.2 Å². The van der Waals surface area contributed by atoms with Crippen LogP contribution in [0, 0.1) is 33.5 Å². The first-order chi connectivity index (χ1) is 57.7. The van der Waals surface area contributed by atoms with Crippen molar-refractivity contribution in [1.82, 2.24) is 10.6 Å². The Bertz CT molecular complexity index is 4990. The van der Waals surface area contributed by atoms with E-state index in [1.165, 1.54) is 65.8 Å². The van der Waals surface area contributed by atoms with E-state index in [1.807, 2.05) is 0 Å². The first-order valence-corrected chi connectivity index (χ1v) is 40.7. The second kappa shape index (κ2) is 34.3. The van der Waals surface area contributed by atoms with Crippen LogP contribution < -0.4 is 10.6 Å². The molecular weight excluding hydrogens is 1600 g/mol. The van der Waals surface area contributed by atoms with Crippen LogP contribution in [0.1, 0.15) is 184 Å². The number of alkyl carbamates (subject to hydrolysis) is 1. The molecule has 4 saturated carbocycles. The van der Waals surface area contributed by atoms with Gasteiger partial charge < -0.3 is 93.4 Å². The Morgan fingerprint density at radius 2 is 0.780 bits per heavy atom. The van der Waals surface area contributed by atoms with Gasteiger partial charge in [0, 0.05) is 69.8 Å². The number of ether oxygens (including phenoxy) is 11. The SMILES string of the molecule is CC(=O)O[C@H]1C(=O)[C@@]2(C)[C@H]([C@H](OC(=O)c3ccccc3)[C@]3(O)[C@H](OC(=O)[C@H](O)[C@@H](NC(=O)OC(C)(C)C)c4ccccc4)CC(C)=C1C3(C)C)[C@]1(OC(C)=O)CO[C@@H]1C[C@@H]2O.CC(=O)O[C@H]1C(=O)[C@@]2(C)[C@H]([C@H](OC(=O)c3ccccc3)[C@]3(O)[C@H](OC(=O)[C@H](O)[C@@H](NC(=O)c4ccccc4)c4ccccc4)CC(C)=C1C3(C)C)[C@]1(OC(C)=O)CO[C@@H]1C[C@@H]2O. The van der Waals surface area contributed by atoms with Crippen LogP contribution in [0.15, 0.2) is 174 Å². The molecule has 5 aromatic rings. The summed E-state index contributed by atoms with van der Waals surface area (Å²) in [6.45, 7) is 20.7. The summed E-state index contributed by atoms with van der Waals surface area (Å²) in [4.78, 5) is 167. The van der Waals surface area contributed by atoms with Crippen LogP contribution in [0.5, 0.6) is 0 Å². The molecule has 123 heavy (non-hydrogen) atoms. The molecule has 4 bridgehead atoms. The Morgan fingerprint density at radius 3 is 1.09 bits per heavy atom. The zero-order chi connectivity index (χ0) is 90.0. The van der Waals surface area contributed by atoms with Gasteiger partial charge in [0.05, 0.1) is 71.3 Å². The Kier molecular flexibility index (Phi) is 25.5. The van der Waals surface area contributed by atoms with Gasteiger partial charge in [-0.05, 0) is 107 Å². The molecule has 2 heterocycles. The molecule has 6 fully saturated rings. The van der Waals surface area contributed by atoms with E-state index >= 15 is 9.59 Å². The van der Waals surface area contributed by atoms with Crippen LogP contribution in [0.3, 0.4) is 0 Å². The summed E-state index contributed by atoms with van der Waals surface area (Å²) in [5.74, 6) is -13.4. The lowest BCUT2D eigenvalue weighted by molar-refractivity contribution is -0.350. The fraction of sp³-hybridized carbons (Fsp3) is 0.500. The molecule has 5 aromatic carbocycles. The minimum Gasteiger partial charge on any atom is -0.457 e. The Balaban J connectivity index is 0.000000225. The lowest BCUT2D eigenvalue weighted by atomic mass is 9.44. The number of nitrogens with one attached hydrogen (secondary N) is 2. The van der Waals surface area contributed by atoms with Crippen molar-refractivity contribution in [3.05, 3.63) is 202 Å². The minimum atomic E-state index is -2.64. The molecule has 8 aliphatic rings. The summed E-state index contributed by atoms with van der Waals surface area (Å²) in [5, 5.41) is 81.1. The molecule has 0 radical (unpaired) electrons. The van der Waals surface area contributed by atoms with E-state index in [0.717, 1.165) is 27.7 Å². The second-order valence-corrected chi connectivity index (χ2v) is 35.5. The fourth-order valence-corrected chi connectivity index (χ4v) is 20.3. The average Bonchev–Trinajstić information content (AvgIpc) is 0.669. The number of carbonyl (C=O) groups is 12. The Morgan fingerprint density at radius 1 is 0.455 bits per heavy atom. The maximum atomic E-state index is 15.4. The summed E-state index contributed by atoms with van der Waals surface area (Å²) in [6.07, 6.45) is -22.6. The summed E-state index contributed by atoms with van der Waals surface area (Å²) in [5.41, 5.74) is -15.9. The molecular formula is C92H106N2O29. The second-order valence-electron chi connectivity index (χ2n) is 35.5. The predicted octanol–water partition coefficient (Wildman–Crippen LogP) is 7.57. The van der Waals surface area contributed by atoms with Crippen molar-refractivity contribution >= 4 is 71.3 Å². The normalized spacial score (nSPS) is 32.2. The lowest BCUT2D eigenvalue weighted by Gasteiger charge is -2.67. The third-order valence-corrected chi connectivity index (χ3v) is 26.1. The van der Waals surface area contributed by atoms with Crippen molar-refractivity contribution in [2.75, 3.05) is 13.2 Å². The van der Waals surface area contributed by atoms with Gasteiger partial charge in [0.25, 0.3) is 5.91 Å². The number of hydrogen-bond acceptors (Lipinski definition) is 29. The summed E-state index contributed by atoms with van der Waals surface area (Å²) in [7, 11) is 0. The van der Waals surface area contributed by atoms with E-state index < -0.39 is 218 Å². The maximum Gasteiger partial charge on any atom is 0.408 e. The van der Waals surface area contributed by atoms with Gasteiger partial charge in [0.1, 0.15) is 53.4 Å². The van der Waals surface area contributed by atoms with Crippen molar-refractivity contribution < 1.29 is 140 Å². The quantitative estimate of drug-likeness (QED) is 0.0224. The highest BCUT2D eigenvalue weighted by Crippen LogP contribution is 2.67. The van der Waals surface area contributed by atoms with Gasteiger partial charge in [-0.2, -0.15) is 0 Å². The van der Waals surface area contributed by atoms with Crippen molar-refractivity contribution in [2.45, 2.75) is 243 Å². The molecule has 2 amide bonds. The zero-order valence-corrected chi connectivity index (χ0v) is 71.0. The molecule has 0 unspecified atom stereocenters. The number of benzene rings is 5. The van der Waals surface area contributed by atoms with Gasteiger partial charge in [0.2, 0.25) is 0 Å². The van der Waals surface area contributed by atoms with Crippen molar-refractivity contribution in [1.29, 1.82) is 0 Å². The number of esters is 8. The fourth-order valence-electron chi connectivity index (χ4n) is 20.3. The molecule has 8 N–H and O–H groups in total. The Labute approximate surface area is 710 Å². The number of ketones is 2. The molecule has 31 heteroatoms. The molecule has 6 aliphatic carbocycles. The molecule has 0 spiro atoms. The Hall–Kier alpha value is -10.9. The topological polar surface area (TPSA) is 452 Å². The van der Waals surface area contributed by atoms with E-state index in [0.29, 0.717) is 22.3 Å². The molecule has 2 aliphatic heterocycles. The number of fused-ring (bicyclic) bond motifs is 10. The number of aliphatic hydroxyl groups excluding tert-OH is 4. The van der Waals surface area contributed by atoms with Crippen LogP contribution in [-0.4, -0.2) is 216 Å². The van der Waals surface area contributed by atoms with Crippen molar-refractivity contribution in [3.8, 4) is 0 Å². The van der Waals surface area contributed by atoms with Crippen molar-refractivity contribution in [2.24, 2.45) is 33.5 Å². The van der Waals surface area contributed by atoms with Gasteiger partial charge in [-0.3, -0.25) is 33.6 Å². The van der Waals surface area contributed by atoms with Crippen LogP contribution in [0.4, 0.5) is 4.79 Å². The van der Waals surface area contributed by atoms with E-state index in [4.69, 9.17) is 52.1 Å². The molecule has 22 atom stereocenters. The number of carbonyl (C=O) groups excluding carboxylic acids is 12. The van der Waals surface area contributed by atoms with E-state index in [2.05, 4.69) is 10.6 Å². The van der Waals surface area contributed by atoms with E-state index in [1.54, 1.807) is 162 Å². The standard InChI is InChI=1S/C47H51NO14.C45H55NO15/c1-25-22-33(60-43(56)36(52)35(28-16-10-7-11-17-28)48-41(54)29-18-12-8-13-19-29)47(57)40(61-42(55)30-20-14-9-15-21-30)38-45(6,31(51)23-32-46(38,24-58-32)62-27(3)50)39(53)37(59-26(2)49)34(25)44(47,4)5;1-23-20-30(58-39(53)33(50)32(26-16-12-10-13-17-26)46-40(54)61-41(4,5)6)45(55)37(59-38(52)27-18-14-11-15-19-27)35-43(9,28(49)21-29-44(35,22-56-29)60-25(3)48)36(51)34(57-24(2)47)31(23)42(45,7)8/h7-21,31-33,35-38,40,51-52,57H,22-24H2,1-6H3,(H,48,54);10-19,28-30,32-35,37,49-50,55H,20-22H2,1-9H3,(H,46,54)/t31-,32+,33+,35-,36+,37+,38-,40-,45+,46-,47+;28-,29+,30+,32-,33+,34+,35-,37-,43+,44-,45+/m00/s1. The lowest BCUT2D eigenvalue weighted by Crippen LogP contribution is -2.83. The number of amides is 2. The van der Waals surface area contributed by atoms with Gasteiger partial charge in [-0.15, -0.1) is 0 Å². The number of hydrogen-bond donors (Lipinski definition) is 8. The highest BCUT2D eigenvalue weighted by molar-refractivity contribution is 5.98. The zero-order valence-electron chi connectivity index (χ0n) is 71.0. The third kappa shape index (κ3) is 16.2. The summed E-state index contributed by atoms with van der Waals surface area (Å²) >= 11 is 0. The minimum absolute atomic E-state index is 0.0294. The molecule has 2 saturated heterocycles. The van der Waals surface area contributed by atoms with Crippen LogP contribution in [0.25, 0.3) is 0 Å². The van der Waals surface area contributed by atoms with E-state index in [-0.39, 0.29) is 66.7 Å². The summed E-state index contributed by atoms with van der Waals surface area (Å²) < 4.78 is 66.2. The average molecular weight is 1700 g/mol. The van der Waals surface area contributed by atoms with Crippen LogP contribution in [-0.2, 0) is 90.5 Å². The first-order valence-electron chi connectivity index (χ1n) is 40.7. The molecule has 658 valence electrons. The highest BCUT2D eigenvalue weighted by atomic mass is 16.7. The molecule has 0 aromatic heterocycles. The third-order valence-electron chi connectivity index (χ3n) is 26.1. The van der Waals surface area contributed by atoms with E-state index in [9.17, 15) is 78.6 Å². The number of Topliss-reactive ketones (excluding diaryl/α,β-unsaturated/α-hetero) is 2. The first kappa shape index (κ1) is 91.3. The van der Waals surface area contributed by atoms with Crippen LogP contribution >= 0.6 is 0 Å². The van der Waals surface area contributed by atoms with Crippen molar-refractivity contribution in [3.63, 3.8) is 0 Å². The molecule has 31 nitrogen and oxygen atoms in total. The van der Waals surface area contributed by atoms with Gasteiger partial charge in [-0.25, -0.2) is 24.0 Å². The highest BCUT2D eigenvalue weighted by Gasteiger charge is 2.82. The molecule has 13 rings (SSSR count). The number of aliphatic hydroxyl groups is 6. The number of rotatable bonds is 19. The van der Waals surface area contributed by atoms with Gasteiger partial charge in [-0.1, -0.05) is 154 Å².